The Morgan fingerprint density at radius 2 is 1.56 bits per heavy atom. The number of likely N-dealkylation sites (tertiary alicyclic amines) is 2. The molecule has 0 aliphatic carbocycles. The minimum Gasteiger partial charge on any atom is -0.343 e. The fourth-order valence-electron chi connectivity index (χ4n) is 7.58. The van der Waals surface area contributed by atoms with Gasteiger partial charge in [0.1, 0.15) is 28.7 Å². The topological polar surface area (TPSA) is 74.7 Å². The Kier molecular flexibility index (Phi) is 7.80. The van der Waals surface area contributed by atoms with Gasteiger partial charge in [0, 0.05) is 35.4 Å². The maximum absolute atomic E-state index is 14.5. The van der Waals surface area contributed by atoms with Crippen LogP contribution in [-0.4, -0.2) is 75.4 Å². The number of rotatable bonds is 5. The molecule has 0 unspecified atom stereocenters. The first kappa shape index (κ1) is 31.1. The van der Waals surface area contributed by atoms with Gasteiger partial charge in [-0.1, -0.05) is 61.3 Å². The first-order valence-corrected chi connectivity index (χ1v) is 17.2. The molecule has 5 atom stereocenters. The third-order valence-corrected chi connectivity index (χ3v) is 11.1. The average Bonchev–Trinajstić information content (AvgIpc) is 3.78. The molecule has 0 bridgehead atoms. The highest BCUT2D eigenvalue weighted by Gasteiger charge is 2.55. The Morgan fingerprint density at radius 3 is 2.16 bits per heavy atom. The van der Waals surface area contributed by atoms with Crippen molar-refractivity contribution in [2.24, 2.45) is 10.9 Å². The SMILES string of the molecule is CC(C)C1=C(C(=O)N2CCC[C@@H]2C(=O)N2C[C@@H]3OC(C)(C)O[C@@H]3C2)SC2=N[C@@](C)(c3ccc(Cl)cc3)[C@@H](c3ccc(Cl)cc3)N21. The summed E-state index contributed by atoms with van der Waals surface area (Å²) in [5.41, 5.74) is 2.36. The molecule has 2 aromatic rings. The summed E-state index contributed by atoms with van der Waals surface area (Å²) in [4.78, 5) is 40.1. The molecule has 8 nitrogen and oxygen atoms in total. The minimum absolute atomic E-state index is 0.0258. The smallest absolute Gasteiger partial charge is 0.263 e. The van der Waals surface area contributed by atoms with Gasteiger partial charge in [0.15, 0.2) is 11.0 Å². The second-order valence-corrected chi connectivity index (χ2v) is 15.3. The normalized spacial score (nSPS) is 30.4. The number of fused-ring (bicyclic) bond motifs is 2. The molecule has 0 N–H and O–H groups in total. The number of aliphatic imine (C=N–C) groups is 1. The number of amides is 2. The first-order valence-electron chi connectivity index (χ1n) is 15.6. The fraction of sp³-hybridized carbons (Fsp3) is 0.500. The summed E-state index contributed by atoms with van der Waals surface area (Å²) in [7, 11) is 0. The van der Waals surface area contributed by atoms with Gasteiger partial charge in [-0.05, 0) is 86.7 Å². The number of nitrogens with zero attached hydrogens (tertiary/aromatic N) is 4. The lowest BCUT2D eigenvalue weighted by atomic mass is 9.81. The Balaban J connectivity index is 1.21. The Hall–Kier alpha value is -2.56. The van der Waals surface area contributed by atoms with Crippen LogP contribution in [-0.2, 0) is 24.6 Å². The summed E-state index contributed by atoms with van der Waals surface area (Å²) in [5.74, 6) is -0.739. The van der Waals surface area contributed by atoms with Crippen LogP contribution in [0.5, 0.6) is 0 Å². The lowest BCUT2D eigenvalue weighted by Crippen LogP contribution is -2.48. The molecule has 2 aromatic carbocycles. The summed E-state index contributed by atoms with van der Waals surface area (Å²) in [6.07, 6.45) is 1.15. The number of allylic oxidation sites excluding steroid dienone is 1. The zero-order valence-corrected chi connectivity index (χ0v) is 28.5. The van der Waals surface area contributed by atoms with E-state index in [4.69, 9.17) is 37.7 Å². The summed E-state index contributed by atoms with van der Waals surface area (Å²) < 4.78 is 12.0. The zero-order chi connectivity index (χ0) is 31.8. The van der Waals surface area contributed by atoms with Gasteiger partial charge < -0.3 is 24.2 Å². The molecule has 0 radical (unpaired) electrons. The van der Waals surface area contributed by atoms with Gasteiger partial charge in [0.05, 0.1) is 6.04 Å². The van der Waals surface area contributed by atoms with Crippen molar-refractivity contribution in [1.82, 2.24) is 14.7 Å². The van der Waals surface area contributed by atoms with E-state index in [9.17, 15) is 9.59 Å². The molecule has 5 aliphatic heterocycles. The Bertz CT molecular complexity index is 1580. The van der Waals surface area contributed by atoms with E-state index < -0.39 is 17.4 Å². The number of hydrogen-bond acceptors (Lipinski definition) is 7. The lowest BCUT2D eigenvalue weighted by molar-refractivity contribution is -0.162. The van der Waals surface area contributed by atoms with Gasteiger partial charge in [0.25, 0.3) is 5.91 Å². The van der Waals surface area contributed by atoms with Crippen LogP contribution in [0.25, 0.3) is 0 Å². The van der Waals surface area contributed by atoms with Crippen LogP contribution >= 0.6 is 35.0 Å². The molecule has 3 saturated heterocycles. The quantitative estimate of drug-likeness (QED) is 0.358. The van der Waals surface area contributed by atoms with Crippen molar-refractivity contribution in [2.45, 2.75) is 83.1 Å². The van der Waals surface area contributed by atoms with E-state index in [-0.39, 0.29) is 36.0 Å². The summed E-state index contributed by atoms with van der Waals surface area (Å²) in [6, 6.07) is 15.0. The minimum atomic E-state index is -0.645. The maximum Gasteiger partial charge on any atom is 0.263 e. The van der Waals surface area contributed by atoms with E-state index in [2.05, 4.69) is 25.7 Å². The number of thioether (sulfide) groups is 1. The number of amidine groups is 1. The third kappa shape index (κ3) is 5.28. The predicted octanol–water partition coefficient (Wildman–Crippen LogP) is 6.59. The maximum atomic E-state index is 14.5. The number of benzene rings is 2. The van der Waals surface area contributed by atoms with Gasteiger partial charge in [-0.3, -0.25) is 9.59 Å². The van der Waals surface area contributed by atoms with Crippen LogP contribution in [0.15, 0.2) is 64.1 Å². The highest BCUT2D eigenvalue weighted by atomic mass is 35.5. The molecule has 0 saturated carbocycles. The Morgan fingerprint density at radius 1 is 0.956 bits per heavy atom. The molecule has 7 rings (SSSR count). The number of hydrogen-bond donors (Lipinski definition) is 0. The number of carbonyl (C=O) groups excluding carboxylic acids is 2. The van der Waals surface area contributed by atoms with E-state index in [0.717, 1.165) is 28.4 Å². The van der Waals surface area contributed by atoms with Crippen LogP contribution < -0.4 is 0 Å². The molecule has 238 valence electrons. The first-order chi connectivity index (χ1) is 21.4. The van der Waals surface area contributed by atoms with Gasteiger partial charge in [-0.2, -0.15) is 0 Å². The number of halogens is 2. The highest BCUT2D eigenvalue weighted by Crippen LogP contribution is 2.56. The van der Waals surface area contributed by atoms with E-state index in [1.807, 2.05) is 67.3 Å². The molecule has 3 fully saturated rings. The summed E-state index contributed by atoms with van der Waals surface area (Å²) in [5, 5.41) is 2.11. The summed E-state index contributed by atoms with van der Waals surface area (Å²) >= 11 is 14.0. The van der Waals surface area contributed by atoms with Crippen molar-refractivity contribution in [1.29, 1.82) is 0 Å². The molecule has 0 aromatic heterocycles. The van der Waals surface area contributed by atoms with Crippen LogP contribution in [0, 0.1) is 5.92 Å². The largest absolute Gasteiger partial charge is 0.343 e. The average molecular weight is 670 g/mol. The third-order valence-electron chi connectivity index (χ3n) is 9.56. The van der Waals surface area contributed by atoms with Gasteiger partial charge >= 0.3 is 0 Å². The van der Waals surface area contributed by atoms with E-state index in [0.29, 0.717) is 41.0 Å². The second kappa shape index (κ2) is 11.3. The predicted molar refractivity (Wildman–Crippen MR) is 177 cm³/mol. The molecular formula is C34H38Cl2N4O4S. The monoisotopic (exact) mass is 668 g/mol. The van der Waals surface area contributed by atoms with Crippen molar-refractivity contribution in [3.63, 3.8) is 0 Å². The molecule has 0 spiro atoms. The van der Waals surface area contributed by atoms with Crippen molar-refractivity contribution >= 4 is 51.9 Å². The number of carbonyl (C=O) groups is 2. The van der Waals surface area contributed by atoms with Crippen molar-refractivity contribution < 1.29 is 19.1 Å². The van der Waals surface area contributed by atoms with Crippen molar-refractivity contribution in [3.8, 4) is 0 Å². The van der Waals surface area contributed by atoms with Crippen molar-refractivity contribution in [3.05, 3.63) is 80.3 Å². The van der Waals surface area contributed by atoms with E-state index in [1.54, 1.807) is 4.90 Å². The standard InChI is InChI=1S/C34H38Cl2N4O4S/c1-19(2)27-28(31(42)39-16-6-7-24(39)30(41)38-17-25-26(18-38)44-33(3,4)43-25)45-32-37-34(5,21-10-14-23(36)15-11-21)29(40(27)32)20-8-12-22(35)13-9-20/h8-15,19,24-26,29H,6-7,16-18H2,1-5H3/t24-,25-,26+,29-,34+/m1/s1. The van der Waals surface area contributed by atoms with Crippen LogP contribution in [0.3, 0.4) is 0 Å². The molecule has 11 heteroatoms. The molecule has 5 aliphatic rings. The van der Waals surface area contributed by atoms with E-state index in [1.165, 1.54) is 11.8 Å². The fourth-order valence-corrected chi connectivity index (χ4v) is 9.19. The second-order valence-electron chi connectivity index (χ2n) is 13.5. The van der Waals surface area contributed by atoms with Crippen LogP contribution in [0.4, 0.5) is 0 Å². The van der Waals surface area contributed by atoms with Gasteiger partial charge in [0.2, 0.25) is 5.91 Å². The van der Waals surface area contributed by atoms with Crippen LogP contribution in [0.1, 0.15) is 64.6 Å². The number of ether oxygens (including phenoxy) is 2. The lowest BCUT2D eigenvalue weighted by Gasteiger charge is -2.37. The molecule has 2 amide bonds. The highest BCUT2D eigenvalue weighted by molar-refractivity contribution is 8.18. The van der Waals surface area contributed by atoms with E-state index >= 15 is 0 Å². The molecule has 5 heterocycles. The van der Waals surface area contributed by atoms with Gasteiger partial charge in [-0.25, -0.2) is 4.99 Å². The van der Waals surface area contributed by atoms with Gasteiger partial charge in [-0.15, -0.1) is 0 Å². The van der Waals surface area contributed by atoms with Crippen LogP contribution in [0.2, 0.25) is 10.0 Å². The molecular weight excluding hydrogens is 631 g/mol. The Labute approximate surface area is 278 Å². The van der Waals surface area contributed by atoms with Crippen molar-refractivity contribution in [2.75, 3.05) is 19.6 Å². The molecule has 45 heavy (non-hydrogen) atoms. The summed E-state index contributed by atoms with van der Waals surface area (Å²) in [6.45, 7) is 11.7. The zero-order valence-electron chi connectivity index (χ0n) is 26.1.